The summed E-state index contributed by atoms with van der Waals surface area (Å²) in [4.78, 5) is 0. The van der Waals surface area contributed by atoms with E-state index in [4.69, 9.17) is 24.3 Å². The Morgan fingerprint density at radius 3 is 2.33 bits per heavy atom. The van der Waals surface area contributed by atoms with Crippen LogP contribution in [0.25, 0.3) is 0 Å². The van der Waals surface area contributed by atoms with Gasteiger partial charge in [0, 0.05) is 20.3 Å². The molecule has 0 aliphatic carbocycles. The van der Waals surface area contributed by atoms with Crippen molar-refractivity contribution in [2.45, 2.75) is 6.42 Å². The van der Waals surface area contributed by atoms with Crippen LogP contribution in [0, 0.1) is 0 Å². The predicted molar refractivity (Wildman–Crippen MR) is 69.1 cm³/mol. The molecule has 0 bridgehead atoms. The Morgan fingerprint density at radius 2 is 1.72 bits per heavy atom. The number of ether oxygens (including phenoxy) is 3. The number of hydrogen-bond acceptors (Lipinski definition) is 5. The van der Waals surface area contributed by atoms with Crippen LogP contribution in [-0.2, 0) is 9.47 Å². The summed E-state index contributed by atoms with van der Waals surface area (Å²) in [5, 5.41) is 17.8. The molecule has 0 unspecified atom stereocenters. The molecule has 0 fully saturated rings. The summed E-state index contributed by atoms with van der Waals surface area (Å²) < 4.78 is 15.7. The van der Waals surface area contributed by atoms with Crippen molar-refractivity contribution in [3.63, 3.8) is 0 Å². The fraction of sp³-hybridized carbons (Fsp3) is 0.500. The van der Waals surface area contributed by atoms with Crippen LogP contribution < -0.4 is 10.2 Å². The first-order chi connectivity index (χ1) is 8.74. The molecular weight excluding hydrogens is 235 g/mol. The van der Waals surface area contributed by atoms with E-state index < -0.39 is 7.12 Å². The minimum absolute atomic E-state index is 0.443. The molecule has 0 amide bonds. The van der Waals surface area contributed by atoms with E-state index in [1.165, 1.54) is 0 Å². The van der Waals surface area contributed by atoms with Gasteiger partial charge in [-0.25, -0.2) is 0 Å². The van der Waals surface area contributed by atoms with Gasteiger partial charge < -0.3 is 24.3 Å². The number of methoxy groups -OCH3 is 1. The van der Waals surface area contributed by atoms with Crippen molar-refractivity contribution in [1.29, 1.82) is 0 Å². The topological polar surface area (TPSA) is 68.2 Å². The third-order valence-electron chi connectivity index (χ3n) is 2.31. The van der Waals surface area contributed by atoms with Gasteiger partial charge in [0.25, 0.3) is 0 Å². The summed E-state index contributed by atoms with van der Waals surface area (Å²) in [7, 11) is 0.221. The molecule has 2 N–H and O–H groups in total. The van der Waals surface area contributed by atoms with Gasteiger partial charge in [-0.15, -0.1) is 0 Å². The van der Waals surface area contributed by atoms with Gasteiger partial charge in [-0.3, -0.25) is 0 Å². The average molecular weight is 254 g/mol. The fourth-order valence-corrected chi connectivity index (χ4v) is 1.36. The predicted octanol–water partition coefficient (Wildman–Crippen LogP) is -0.202. The highest BCUT2D eigenvalue weighted by Crippen LogP contribution is 2.07. The zero-order chi connectivity index (χ0) is 13.2. The van der Waals surface area contributed by atoms with Gasteiger partial charge in [0.2, 0.25) is 0 Å². The molecule has 0 saturated heterocycles. The maximum atomic E-state index is 8.92. The van der Waals surface area contributed by atoms with Gasteiger partial charge in [0.05, 0.1) is 6.61 Å². The lowest BCUT2D eigenvalue weighted by Gasteiger charge is -2.07. The van der Waals surface area contributed by atoms with E-state index in [1.807, 2.05) is 0 Å². The van der Waals surface area contributed by atoms with Crippen LogP contribution in [0.5, 0.6) is 5.75 Å². The largest absolute Gasteiger partial charge is 0.491 e. The van der Waals surface area contributed by atoms with E-state index in [1.54, 1.807) is 31.4 Å². The third-order valence-corrected chi connectivity index (χ3v) is 2.31. The molecule has 0 saturated carbocycles. The molecule has 0 heterocycles. The minimum Gasteiger partial charge on any atom is -0.491 e. The standard InChI is InChI=1S/C12H19BO5/c1-16-7-2-8-17-9-10-18-12-5-3-11(4-6-12)13(14)15/h3-6,14-15H,2,7-10H2,1H3. The summed E-state index contributed by atoms with van der Waals surface area (Å²) in [6, 6.07) is 6.61. The first-order valence-corrected chi connectivity index (χ1v) is 5.89. The molecule has 0 aliphatic heterocycles. The lowest BCUT2D eigenvalue weighted by Crippen LogP contribution is -2.29. The van der Waals surface area contributed by atoms with Crippen molar-refractivity contribution in [1.82, 2.24) is 0 Å². The maximum absolute atomic E-state index is 8.92. The first-order valence-electron chi connectivity index (χ1n) is 5.89. The van der Waals surface area contributed by atoms with Crippen molar-refractivity contribution in [2.75, 3.05) is 33.5 Å². The quantitative estimate of drug-likeness (QED) is 0.471. The lowest BCUT2D eigenvalue weighted by molar-refractivity contribution is 0.0806. The summed E-state index contributed by atoms with van der Waals surface area (Å²) >= 11 is 0. The number of benzene rings is 1. The normalized spacial score (nSPS) is 10.4. The van der Waals surface area contributed by atoms with Crippen LogP contribution in [0.3, 0.4) is 0 Å². The van der Waals surface area contributed by atoms with Crippen molar-refractivity contribution in [3.05, 3.63) is 24.3 Å². The SMILES string of the molecule is COCCCOCCOc1ccc(B(O)O)cc1. The smallest absolute Gasteiger partial charge is 0.488 e. The molecule has 0 aromatic heterocycles. The molecule has 1 aromatic carbocycles. The third kappa shape index (κ3) is 6.02. The molecule has 5 nitrogen and oxygen atoms in total. The maximum Gasteiger partial charge on any atom is 0.488 e. The van der Waals surface area contributed by atoms with Crippen molar-refractivity contribution >= 4 is 12.6 Å². The molecule has 0 radical (unpaired) electrons. The van der Waals surface area contributed by atoms with Gasteiger partial charge in [0.1, 0.15) is 12.4 Å². The molecule has 0 atom stereocenters. The molecule has 1 rings (SSSR count). The summed E-state index contributed by atoms with van der Waals surface area (Å²) in [5.74, 6) is 0.680. The monoisotopic (exact) mass is 254 g/mol. The van der Waals surface area contributed by atoms with Crippen molar-refractivity contribution in [2.24, 2.45) is 0 Å². The van der Waals surface area contributed by atoms with Crippen LogP contribution in [0.4, 0.5) is 0 Å². The Hall–Kier alpha value is -1.08. The molecule has 6 heteroatoms. The second-order valence-corrected chi connectivity index (χ2v) is 3.75. The van der Waals surface area contributed by atoms with E-state index in [2.05, 4.69) is 0 Å². The second-order valence-electron chi connectivity index (χ2n) is 3.75. The average Bonchev–Trinajstić information content (AvgIpc) is 2.38. The van der Waals surface area contributed by atoms with Gasteiger partial charge in [-0.1, -0.05) is 12.1 Å². The Bertz CT molecular complexity index is 315. The number of rotatable bonds is 9. The van der Waals surface area contributed by atoms with Crippen LogP contribution >= 0.6 is 0 Å². The summed E-state index contributed by atoms with van der Waals surface area (Å²) in [6.07, 6.45) is 0.875. The Labute approximate surface area is 107 Å². The number of hydrogen-bond donors (Lipinski definition) is 2. The second kappa shape index (κ2) is 8.94. The molecular formula is C12H19BO5. The van der Waals surface area contributed by atoms with Crippen molar-refractivity contribution < 1.29 is 24.3 Å². The van der Waals surface area contributed by atoms with E-state index in [-0.39, 0.29) is 0 Å². The Balaban J connectivity index is 2.12. The zero-order valence-corrected chi connectivity index (χ0v) is 10.5. The van der Waals surface area contributed by atoms with Crippen LogP contribution in [0.1, 0.15) is 6.42 Å². The van der Waals surface area contributed by atoms with Gasteiger partial charge >= 0.3 is 7.12 Å². The highest BCUT2D eigenvalue weighted by atomic mass is 16.5. The van der Waals surface area contributed by atoms with Crippen LogP contribution in [-0.4, -0.2) is 50.7 Å². The Morgan fingerprint density at radius 1 is 1.00 bits per heavy atom. The molecule has 1 aromatic rings. The molecule has 0 spiro atoms. The Kier molecular flexibility index (Phi) is 7.44. The van der Waals surface area contributed by atoms with E-state index in [0.717, 1.165) is 6.42 Å². The van der Waals surface area contributed by atoms with Gasteiger partial charge in [-0.05, 0) is 24.0 Å². The van der Waals surface area contributed by atoms with E-state index in [0.29, 0.717) is 37.6 Å². The van der Waals surface area contributed by atoms with E-state index in [9.17, 15) is 0 Å². The van der Waals surface area contributed by atoms with Crippen LogP contribution in [0.2, 0.25) is 0 Å². The highest BCUT2D eigenvalue weighted by Gasteiger charge is 2.09. The summed E-state index contributed by atoms with van der Waals surface area (Å²) in [5.41, 5.74) is 0.443. The van der Waals surface area contributed by atoms with Crippen molar-refractivity contribution in [3.8, 4) is 5.75 Å². The highest BCUT2D eigenvalue weighted by molar-refractivity contribution is 6.58. The van der Waals surface area contributed by atoms with Gasteiger partial charge in [0.15, 0.2) is 0 Å². The minimum atomic E-state index is -1.44. The van der Waals surface area contributed by atoms with E-state index >= 15 is 0 Å². The van der Waals surface area contributed by atoms with Gasteiger partial charge in [-0.2, -0.15) is 0 Å². The first kappa shape index (κ1) is 15.0. The zero-order valence-electron chi connectivity index (χ0n) is 10.5. The van der Waals surface area contributed by atoms with Crippen LogP contribution in [0.15, 0.2) is 24.3 Å². The molecule has 100 valence electrons. The summed E-state index contributed by atoms with van der Waals surface area (Å²) in [6.45, 7) is 2.35. The molecule has 0 aliphatic rings. The fourth-order valence-electron chi connectivity index (χ4n) is 1.36. The lowest BCUT2D eigenvalue weighted by atomic mass is 9.80. The molecule has 18 heavy (non-hydrogen) atoms.